The number of carbonyl (C=O) groups is 2. The molecule has 0 amide bonds. The molecule has 0 radical (unpaired) electrons. The Bertz CT molecular complexity index is 643. The molecule has 0 aromatic heterocycles. The Morgan fingerprint density at radius 2 is 1.60 bits per heavy atom. The van der Waals surface area contributed by atoms with E-state index in [1.54, 1.807) is 6.92 Å². The number of fused-ring (bicyclic) bond motifs is 2. The number of rotatable bonds is 2. The predicted octanol–water partition coefficient (Wildman–Crippen LogP) is 3.20. The van der Waals surface area contributed by atoms with Crippen LogP contribution in [-0.4, -0.2) is 22.2 Å². The van der Waals surface area contributed by atoms with Crippen molar-refractivity contribution in [1.82, 2.24) is 0 Å². The highest BCUT2D eigenvalue weighted by Crippen LogP contribution is 2.27. The van der Waals surface area contributed by atoms with E-state index in [4.69, 9.17) is 10.2 Å². The fourth-order valence-electron chi connectivity index (χ4n) is 2.00. The molecule has 0 saturated heterocycles. The second-order valence-electron chi connectivity index (χ2n) is 4.63. The average molecular weight is 270 g/mol. The SMILES string of the molecule is C1=CC2=CC=C1C2.Cc1ccc(C(=O)O)cc1C(=O)O. The van der Waals surface area contributed by atoms with Crippen LogP contribution in [0.4, 0.5) is 0 Å². The Balaban J connectivity index is 0.000000173. The number of hydrogen-bond donors (Lipinski definition) is 2. The third-order valence-electron chi connectivity index (χ3n) is 3.15. The first-order valence-corrected chi connectivity index (χ1v) is 6.12. The average Bonchev–Trinajstić information content (AvgIpc) is 3.04. The molecule has 102 valence electrons. The van der Waals surface area contributed by atoms with Gasteiger partial charge in [-0.05, 0) is 42.2 Å². The maximum absolute atomic E-state index is 10.6. The minimum atomic E-state index is -1.12. The summed E-state index contributed by atoms with van der Waals surface area (Å²) in [6, 6.07) is 4.01. The number of aromatic carboxylic acids is 2. The van der Waals surface area contributed by atoms with Crippen LogP contribution >= 0.6 is 0 Å². The Morgan fingerprint density at radius 3 is 1.95 bits per heavy atom. The van der Waals surface area contributed by atoms with Crippen LogP contribution in [-0.2, 0) is 0 Å². The van der Waals surface area contributed by atoms with E-state index in [-0.39, 0.29) is 11.1 Å². The third-order valence-corrected chi connectivity index (χ3v) is 3.15. The summed E-state index contributed by atoms with van der Waals surface area (Å²) in [5.41, 5.74) is 3.51. The summed E-state index contributed by atoms with van der Waals surface area (Å²) >= 11 is 0. The Hall–Kier alpha value is -2.62. The molecule has 2 aliphatic carbocycles. The van der Waals surface area contributed by atoms with Gasteiger partial charge in [-0.25, -0.2) is 9.59 Å². The third kappa shape index (κ3) is 3.03. The van der Waals surface area contributed by atoms with Crippen molar-refractivity contribution in [2.24, 2.45) is 0 Å². The van der Waals surface area contributed by atoms with Gasteiger partial charge in [0.25, 0.3) is 0 Å². The number of hydrogen-bond acceptors (Lipinski definition) is 2. The lowest BCUT2D eigenvalue weighted by Gasteiger charge is -2.01. The van der Waals surface area contributed by atoms with Gasteiger partial charge in [-0.15, -0.1) is 0 Å². The molecule has 1 aromatic rings. The van der Waals surface area contributed by atoms with E-state index in [1.807, 2.05) is 0 Å². The summed E-state index contributed by atoms with van der Waals surface area (Å²) < 4.78 is 0. The van der Waals surface area contributed by atoms with Crippen LogP contribution in [0.2, 0.25) is 0 Å². The van der Waals surface area contributed by atoms with Crippen LogP contribution in [0.3, 0.4) is 0 Å². The van der Waals surface area contributed by atoms with Gasteiger partial charge in [-0.2, -0.15) is 0 Å². The summed E-state index contributed by atoms with van der Waals surface area (Å²) in [5.74, 6) is -2.23. The Morgan fingerprint density at radius 1 is 1.00 bits per heavy atom. The highest BCUT2D eigenvalue weighted by Gasteiger charge is 2.10. The van der Waals surface area contributed by atoms with Gasteiger partial charge in [-0.1, -0.05) is 30.4 Å². The van der Waals surface area contributed by atoms with Crippen molar-refractivity contribution in [2.45, 2.75) is 13.3 Å². The van der Waals surface area contributed by atoms with E-state index in [1.165, 1.54) is 29.7 Å². The second-order valence-corrected chi connectivity index (χ2v) is 4.63. The zero-order valence-electron chi connectivity index (χ0n) is 11.0. The van der Waals surface area contributed by atoms with Crippen molar-refractivity contribution >= 4 is 11.9 Å². The van der Waals surface area contributed by atoms with E-state index in [0.29, 0.717) is 5.56 Å². The highest BCUT2D eigenvalue weighted by molar-refractivity contribution is 5.94. The van der Waals surface area contributed by atoms with Gasteiger partial charge in [0, 0.05) is 0 Å². The first-order valence-electron chi connectivity index (χ1n) is 6.12. The predicted molar refractivity (Wildman–Crippen MR) is 75.0 cm³/mol. The van der Waals surface area contributed by atoms with Crippen LogP contribution in [0.5, 0.6) is 0 Å². The lowest BCUT2D eigenvalue weighted by molar-refractivity contribution is 0.0695. The molecule has 2 aliphatic rings. The van der Waals surface area contributed by atoms with Crippen molar-refractivity contribution in [3.8, 4) is 0 Å². The monoisotopic (exact) mass is 270 g/mol. The summed E-state index contributed by atoms with van der Waals surface area (Å²) in [6.07, 6.45) is 9.90. The molecule has 0 aliphatic heterocycles. The van der Waals surface area contributed by atoms with Crippen molar-refractivity contribution in [2.75, 3.05) is 0 Å². The zero-order chi connectivity index (χ0) is 14.7. The molecule has 2 N–H and O–H groups in total. The minimum absolute atomic E-state index is 0.0111. The van der Waals surface area contributed by atoms with Crippen LogP contribution in [0.1, 0.15) is 32.7 Å². The number of allylic oxidation sites excluding steroid dienone is 6. The topological polar surface area (TPSA) is 74.6 Å². The maximum Gasteiger partial charge on any atom is 0.335 e. The zero-order valence-corrected chi connectivity index (χ0v) is 11.0. The van der Waals surface area contributed by atoms with Gasteiger partial charge in [0.05, 0.1) is 11.1 Å². The quantitative estimate of drug-likeness (QED) is 0.865. The molecular weight excluding hydrogens is 256 g/mol. The van der Waals surface area contributed by atoms with Gasteiger partial charge < -0.3 is 10.2 Å². The maximum atomic E-state index is 10.6. The summed E-state index contributed by atoms with van der Waals surface area (Å²) in [5, 5.41) is 17.3. The molecule has 0 heterocycles. The Kier molecular flexibility index (Phi) is 3.84. The largest absolute Gasteiger partial charge is 0.478 e. The van der Waals surface area contributed by atoms with Crippen LogP contribution in [0.25, 0.3) is 0 Å². The number of carboxylic acid groups (broad SMARTS) is 2. The molecule has 3 rings (SSSR count). The molecule has 20 heavy (non-hydrogen) atoms. The van der Waals surface area contributed by atoms with Crippen molar-refractivity contribution < 1.29 is 19.8 Å². The molecule has 1 aromatic carbocycles. The molecule has 0 saturated carbocycles. The van der Waals surface area contributed by atoms with Crippen LogP contribution in [0.15, 0.2) is 53.6 Å². The van der Waals surface area contributed by atoms with Gasteiger partial charge in [0.15, 0.2) is 0 Å². The number of carboxylic acids is 2. The standard InChI is InChI=1S/C9H8O4.C7H6/c1-5-2-3-6(8(10)11)4-7(5)9(12)13;1-2-7-4-3-6(1)5-7/h2-4H,1H3,(H,10,11)(H,12,13);1-4H,5H2. The fraction of sp³-hybridized carbons (Fsp3) is 0.125. The summed E-state index contributed by atoms with van der Waals surface area (Å²) in [7, 11) is 0. The molecule has 2 bridgehead atoms. The minimum Gasteiger partial charge on any atom is -0.478 e. The van der Waals surface area contributed by atoms with Gasteiger partial charge in [-0.3, -0.25) is 0 Å². The molecule has 0 atom stereocenters. The molecule has 0 unspecified atom stereocenters. The summed E-state index contributed by atoms with van der Waals surface area (Å²) in [6.45, 7) is 1.62. The Labute approximate surface area is 116 Å². The van der Waals surface area contributed by atoms with Gasteiger partial charge >= 0.3 is 11.9 Å². The van der Waals surface area contributed by atoms with E-state index in [9.17, 15) is 9.59 Å². The first kappa shape index (κ1) is 13.8. The highest BCUT2D eigenvalue weighted by atomic mass is 16.4. The summed E-state index contributed by atoms with van der Waals surface area (Å²) in [4.78, 5) is 21.1. The van der Waals surface area contributed by atoms with E-state index >= 15 is 0 Å². The number of benzene rings is 1. The molecule has 4 nitrogen and oxygen atoms in total. The van der Waals surface area contributed by atoms with E-state index < -0.39 is 11.9 Å². The molecule has 0 spiro atoms. The molecule has 4 heteroatoms. The number of aryl methyl sites for hydroxylation is 1. The van der Waals surface area contributed by atoms with Crippen LogP contribution < -0.4 is 0 Å². The smallest absolute Gasteiger partial charge is 0.335 e. The van der Waals surface area contributed by atoms with Gasteiger partial charge in [0.2, 0.25) is 0 Å². The normalized spacial score (nSPS) is 14.2. The van der Waals surface area contributed by atoms with Crippen molar-refractivity contribution in [3.05, 3.63) is 70.3 Å². The lowest BCUT2D eigenvalue weighted by atomic mass is 10.1. The van der Waals surface area contributed by atoms with E-state index in [0.717, 1.165) is 6.07 Å². The van der Waals surface area contributed by atoms with Crippen molar-refractivity contribution in [3.63, 3.8) is 0 Å². The molecule has 0 fully saturated rings. The first-order chi connectivity index (χ1) is 9.47. The fourth-order valence-corrected chi connectivity index (χ4v) is 2.00. The van der Waals surface area contributed by atoms with E-state index in [2.05, 4.69) is 24.3 Å². The molecular formula is C16H14O4. The van der Waals surface area contributed by atoms with Gasteiger partial charge in [0.1, 0.15) is 0 Å². The lowest BCUT2D eigenvalue weighted by Crippen LogP contribution is -2.03. The second kappa shape index (κ2) is 5.57. The van der Waals surface area contributed by atoms with Crippen molar-refractivity contribution in [1.29, 1.82) is 0 Å². The van der Waals surface area contributed by atoms with Crippen LogP contribution in [0, 0.1) is 6.92 Å².